The summed E-state index contributed by atoms with van der Waals surface area (Å²) in [5.74, 6) is -2.77. The van der Waals surface area contributed by atoms with E-state index in [1.54, 1.807) is 20.8 Å². The largest absolute Gasteiger partial charge is 0.465 e. The molecule has 0 spiro atoms. The Bertz CT molecular complexity index is 1790. The van der Waals surface area contributed by atoms with Gasteiger partial charge in [-0.1, -0.05) is 167 Å². The van der Waals surface area contributed by atoms with Crippen molar-refractivity contribution < 1.29 is 85.4 Å². The van der Waals surface area contributed by atoms with Gasteiger partial charge in [0.2, 0.25) is 0 Å². The SMILES string of the molecule is CCCCCCCCCCCCOCCOCCOCCOCCOCCOCCOCCOCCOCCOCCOCCOCCOC(=O)C(C)(C)CC(CC(C#N)CC(C)(CC)C(=O)OCc1ccccc1)C(=O)OCCCCCCCCCCCC. The number of nitrogens with zero attached hydrogens (tertiary/aromatic N) is 1. The Kier molecular flexibility index (Phi) is 59.3. The molecule has 1 rings (SSSR count). The van der Waals surface area contributed by atoms with Crippen LogP contribution < -0.4 is 0 Å². The molecule has 1 aromatic carbocycles. The predicted molar refractivity (Wildman–Crippen MR) is 350 cm³/mol. The van der Waals surface area contributed by atoms with Crippen LogP contribution in [0.15, 0.2) is 30.3 Å². The maximum absolute atomic E-state index is 13.8. The molecule has 0 fully saturated rings. The Morgan fingerprint density at radius 2 is 0.700 bits per heavy atom. The van der Waals surface area contributed by atoms with Crippen LogP contribution in [0.1, 0.15) is 201 Å². The van der Waals surface area contributed by atoms with Crippen LogP contribution in [-0.2, 0) is 92.0 Å². The van der Waals surface area contributed by atoms with E-state index >= 15 is 0 Å². The van der Waals surface area contributed by atoms with E-state index < -0.39 is 40.6 Å². The van der Waals surface area contributed by atoms with Crippen molar-refractivity contribution in [2.24, 2.45) is 22.7 Å². The number of ether oxygens (including phenoxy) is 15. The summed E-state index contributed by atoms with van der Waals surface area (Å²) >= 11 is 0. The topological polar surface area (TPSA) is 213 Å². The lowest BCUT2D eigenvalue weighted by Gasteiger charge is -2.31. The molecule has 0 heterocycles. The predicted octanol–water partition coefficient (Wildman–Crippen LogP) is 13.2. The number of carbonyl (C=O) groups excluding carboxylic acids is 3. The van der Waals surface area contributed by atoms with Gasteiger partial charge in [0, 0.05) is 12.5 Å². The molecule has 0 saturated carbocycles. The van der Waals surface area contributed by atoms with Gasteiger partial charge in [-0.2, -0.15) is 5.26 Å². The number of benzene rings is 1. The minimum atomic E-state index is -1.08. The number of unbranched alkanes of at least 4 members (excludes halogenated alkanes) is 18. The summed E-state index contributed by atoms with van der Waals surface area (Å²) in [6.45, 7) is 23.5. The molecule has 0 aliphatic rings. The lowest BCUT2D eigenvalue weighted by atomic mass is 9.74. The van der Waals surface area contributed by atoms with Gasteiger partial charge in [0.05, 0.1) is 181 Å². The standard InChI is InChI=1S/C71H127NO18/c1-7-10-12-14-16-18-20-22-24-29-33-76-35-36-77-37-38-78-39-40-79-41-42-80-43-44-81-45-46-82-47-48-83-49-50-84-51-52-85-53-54-86-55-56-87-57-58-89-68(74)70(4,5)61-66(67(73)88-34-30-25-23-21-19-17-15-13-11-8-2)59-65(62-72)60-71(6,9-3)69(75)90-63-64-31-27-26-28-32-64/h26-28,31-32,65-66H,7-25,29-30,33-61,63H2,1-6H3. The van der Waals surface area contributed by atoms with Crippen molar-refractivity contribution in [2.75, 3.05) is 172 Å². The van der Waals surface area contributed by atoms with E-state index in [0.29, 0.717) is 152 Å². The monoisotopic (exact) mass is 1280 g/mol. The molecular weight excluding hydrogens is 1150 g/mol. The van der Waals surface area contributed by atoms with Crippen LogP contribution in [0.25, 0.3) is 0 Å². The molecule has 0 radical (unpaired) electrons. The van der Waals surface area contributed by atoms with E-state index in [0.717, 1.165) is 37.9 Å². The first kappa shape index (κ1) is 84.7. The molecule has 3 atom stereocenters. The molecule has 0 N–H and O–H groups in total. The zero-order valence-electron chi connectivity index (χ0n) is 57.4. The Morgan fingerprint density at radius 3 is 1.04 bits per heavy atom. The van der Waals surface area contributed by atoms with E-state index in [9.17, 15) is 19.6 Å². The van der Waals surface area contributed by atoms with Gasteiger partial charge in [-0.25, -0.2) is 0 Å². The second-order valence-corrected chi connectivity index (χ2v) is 24.0. The zero-order chi connectivity index (χ0) is 65.4. The fourth-order valence-corrected chi connectivity index (χ4v) is 9.78. The smallest absolute Gasteiger partial charge is 0.312 e. The van der Waals surface area contributed by atoms with Crippen LogP contribution >= 0.6 is 0 Å². The second-order valence-electron chi connectivity index (χ2n) is 24.0. The van der Waals surface area contributed by atoms with E-state index in [1.165, 1.54) is 103 Å². The van der Waals surface area contributed by atoms with Crippen molar-refractivity contribution in [1.82, 2.24) is 0 Å². The van der Waals surface area contributed by atoms with Crippen molar-refractivity contribution in [2.45, 2.75) is 202 Å². The van der Waals surface area contributed by atoms with Gasteiger partial charge < -0.3 is 71.1 Å². The van der Waals surface area contributed by atoms with Crippen molar-refractivity contribution in [1.29, 1.82) is 5.26 Å². The molecule has 19 heteroatoms. The third kappa shape index (κ3) is 52.1. The molecule has 0 aromatic heterocycles. The quantitative estimate of drug-likeness (QED) is 0.0337. The van der Waals surface area contributed by atoms with Crippen LogP contribution in [0, 0.1) is 34.0 Å². The number of esters is 3. The molecular formula is C71H127NO18. The molecule has 0 aliphatic heterocycles. The third-order valence-electron chi connectivity index (χ3n) is 15.5. The fraction of sp³-hybridized carbons (Fsp3) is 0.859. The summed E-state index contributed by atoms with van der Waals surface area (Å²) in [4.78, 5) is 40.7. The summed E-state index contributed by atoms with van der Waals surface area (Å²) in [7, 11) is 0. The molecule has 0 amide bonds. The Morgan fingerprint density at radius 1 is 0.378 bits per heavy atom. The maximum atomic E-state index is 13.8. The molecule has 19 nitrogen and oxygen atoms in total. The summed E-state index contributed by atoms with van der Waals surface area (Å²) in [5.41, 5.74) is -1.16. The van der Waals surface area contributed by atoms with Crippen LogP contribution in [0.3, 0.4) is 0 Å². The third-order valence-corrected chi connectivity index (χ3v) is 15.5. The average molecular weight is 1280 g/mol. The van der Waals surface area contributed by atoms with Gasteiger partial charge >= 0.3 is 17.9 Å². The Balaban J connectivity index is 2.07. The van der Waals surface area contributed by atoms with Gasteiger partial charge in [0.25, 0.3) is 0 Å². The van der Waals surface area contributed by atoms with Crippen LogP contribution in [0.4, 0.5) is 0 Å². The van der Waals surface area contributed by atoms with Crippen LogP contribution in [-0.4, -0.2) is 190 Å². The van der Waals surface area contributed by atoms with E-state index in [1.807, 2.05) is 37.3 Å². The normalized spacial score (nSPS) is 13.0. The lowest BCUT2D eigenvalue weighted by Crippen LogP contribution is -2.35. The summed E-state index contributed by atoms with van der Waals surface area (Å²) in [6.07, 6.45) is 25.7. The Hall–Kier alpha value is -3.36. The highest BCUT2D eigenvalue weighted by Crippen LogP contribution is 2.37. The highest BCUT2D eigenvalue weighted by atomic mass is 16.6. The molecule has 3 unspecified atom stereocenters. The van der Waals surface area contributed by atoms with Crippen molar-refractivity contribution >= 4 is 17.9 Å². The van der Waals surface area contributed by atoms with Gasteiger partial charge in [0.15, 0.2) is 0 Å². The highest BCUT2D eigenvalue weighted by molar-refractivity contribution is 5.78. The highest BCUT2D eigenvalue weighted by Gasteiger charge is 2.41. The van der Waals surface area contributed by atoms with Crippen LogP contribution in [0.2, 0.25) is 0 Å². The number of rotatable bonds is 70. The average Bonchev–Trinajstić information content (AvgIpc) is 3.34. The van der Waals surface area contributed by atoms with Gasteiger partial charge in [-0.3, -0.25) is 14.4 Å². The summed E-state index contributed by atoms with van der Waals surface area (Å²) in [6, 6.07) is 11.8. The van der Waals surface area contributed by atoms with Gasteiger partial charge in [-0.15, -0.1) is 0 Å². The second kappa shape index (κ2) is 63.1. The molecule has 0 aliphatic carbocycles. The number of nitriles is 1. The van der Waals surface area contributed by atoms with E-state index in [2.05, 4.69) is 19.9 Å². The molecule has 0 saturated heterocycles. The first-order valence-corrected chi connectivity index (χ1v) is 34.9. The van der Waals surface area contributed by atoms with Gasteiger partial charge in [0.1, 0.15) is 13.2 Å². The first-order chi connectivity index (χ1) is 44.0. The summed E-state index contributed by atoms with van der Waals surface area (Å²) < 4.78 is 84.1. The molecule has 0 bridgehead atoms. The molecule has 90 heavy (non-hydrogen) atoms. The van der Waals surface area contributed by atoms with E-state index in [4.69, 9.17) is 71.1 Å². The van der Waals surface area contributed by atoms with Gasteiger partial charge in [-0.05, 0) is 64.9 Å². The number of hydrogen-bond donors (Lipinski definition) is 0. The molecule has 524 valence electrons. The molecule has 1 aromatic rings. The van der Waals surface area contributed by atoms with Crippen molar-refractivity contribution in [3.8, 4) is 6.07 Å². The van der Waals surface area contributed by atoms with Crippen molar-refractivity contribution in [3.05, 3.63) is 35.9 Å². The zero-order valence-corrected chi connectivity index (χ0v) is 57.4. The first-order valence-electron chi connectivity index (χ1n) is 34.9. The Labute approximate surface area is 545 Å². The number of carbonyl (C=O) groups is 3. The van der Waals surface area contributed by atoms with Crippen molar-refractivity contribution in [3.63, 3.8) is 0 Å². The number of hydrogen-bond acceptors (Lipinski definition) is 19. The summed E-state index contributed by atoms with van der Waals surface area (Å²) in [5, 5.41) is 10.4. The minimum absolute atomic E-state index is 0.0239. The van der Waals surface area contributed by atoms with Crippen LogP contribution in [0.5, 0.6) is 0 Å². The maximum Gasteiger partial charge on any atom is 0.312 e. The lowest BCUT2D eigenvalue weighted by molar-refractivity contribution is -0.159. The fourth-order valence-electron chi connectivity index (χ4n) is 9.78. The minimum Gasteiger partial charge on any atom is -0.465 e. The van der Waals surface area contributed by atoms with E-state index in [-0.39, 0.29) is 45.7 Å².